The molecule has 19 nitrogen and oxygen atoms in total. The Bertz CT molecular complexity index is 2900. The number of imidazole rings is 1. The van der Waals surface area contributed by atoms with E-state index in [0.29, 0.717) is 37.1 Å². The Balaban J connectivity index is 1.12. The fraction of sp³-hybridized carbons (Fsp3) is 0.607. The highest BCUT2D eigenvalue weighted by Gasteiger charge is 2.49. The van der Waals surface area contributed by atoms with Crippen LogP contribution in [0.4, 0.5) is 5.69 Å². The quantitative estimate of drug-likeness (QED) is 0.0360. The number of unbranched alkanes of at least 4 members (excludes halogenated alkanes) is 1. The number of nitrogens with one attached hydrogen (secondary N) is 3. The molecule has 5 aromatic rings. The number of aromatic nitrogens is 3. The molecule has 19 heteroatoms. The van der Waals surface area contributed by atoms with Gasteiger partial charge in [0, 0.05) is 68.0 Å². The summed E-state index contributed by atoms with van der Waals surface area (Å²) in [6, 6.07) is 5.24. The Hall–Kier alpha value is -5.70. The van der Waals surface area contributed by atoms with Gasteiger partial charge in [0.2, 0.25) is 11.7 Å². The molecular formula is C56H78N6O13+2. The number of aliphatic hydroxyl groups is 2. The topological polar surface area (TPSA) is 240 Å². The molecule has 10 atom stereocenters. The average molecular weight is 1040 g/mol. The van der Waals surface area contributed by atoms with Crippen LogP contribution in [0.5, 0.6) is 17.2 Å². The van der Waals surface area contributed by atoms with Crippen molar-refractivity contribution in [1.29, 1.82) is 0 Å². The summed E-state index contributed by atoms with van der Waals surface area (Å²) in [7, 11) is 1.51. The molecule has 1 amide bonds. The molecule has 1 fully saturated rings. The van der Waals surface area contributed by atoms with Crippen molar-refractivity contribution in [2.75, 3.05) is 64.9 Å². The van der Waals surface area contributed by atoms with Crippen LogP contribution in [-0.2, 0) is 30.3 Å². The van der Waals surface area contributed by atoms with Crippen LogP contribution < -0.4 is 30.0 Å². The molecule has 5 heterocycles. The van der Waals surface area contributed by atoms with Crippen LogP contribution in [0, 0.1) is 36.5 Å². The molecule has 3 aliphatic rings. The highest BCUT2D eigenvalue weighted by Crippen LogP contribution is 2.49. The van der Waals surface area contributed by atoms with Gasteiger partial charge >= 0.3 is 5.97 Å². The van der Waals surface area contributed by atoms with Crippen LogP contribution in [0.2, 0.25) is 0 Å². The van der Waals surface area contributed by atoms with E-state index in [-0.39, 0.29) is 69.0 Å². The predicted octanol–water partition coefficient (Wildman–Crippen LogP) is 4.02. The van der Waals surface area contributed by atoms with Crippen molar-refractivity contribution in [3.63, 3.8) is 0 Å². The number of ether oxygens (including phenoxy) is 5. The first kappa shape index (κ1) is 55.5. The van der Waals surface area contributed by atoms with Crippen molar-refractivity contribution in [3.05, 3.63) is 58.3 Å². The number of phenols is 1. The van der Waals surface area contributed by atoms with Crippen molar-refractivity contribution in [2.24, 2.45) is 29.6 Å². The number of Topliss-reactive ketones (excluding diaryl/α,β-unsaturated/α-hetero) is 1. The molecule has 75 heavy (non-hydrogen) atoms. The third-order valence-electron chi connectivity index (χ3n) is 16.5. The van der Waals surface area contributed by atoms with Gasteiger partial charge in [0.1, 0.15) is 60.5 Å². The number of quaternary nitrogens is 2. The van der Waals surface area contributed by atoms with Crippen LogP contribution in [0.3, 0.4) is 0 Å². The number of piperazine rings is 1. The second-order valence-electron chi connectivity index (χ2n) is 21.7. The van der Waals surface area contributed by atoms with Crippen molar-refractivity contribution in [1.82, 2.24) is 14.5 Å². The molecule has 8 rings (SSSR count). The van der Waals surface area contributed by atoms with E-state index in [2.05, 4.69) is 14.9 Å². The lowest BCUT2D eigenvalue weighted by molar-refractivity contribution is -1.01. The zero-order valence-electron chi connectivity index (χ0n) is 45.0. The molecule has 3 aromatic carbocycles. The van der Waals surface area contributed by atoms with Gasteiger partial charge in [-0.1, -0.05) is 47.1 Å². The molecule has 1 saturated heterocycles. The van der Waals surface area contributed by atoms with E-state index in [0.717, 1.165) is 58.7 Å². The van der Waals surface area contributed by atoms with Crippen molar-refractivity contribution in [3.8, 4) is 17.2 Å². The second kappa shape index (κ2) is 23.7. The summed E-state index contributed by atoms with van der Waals surface area (Å²) in [6.45, 7) is 21.1. The number of fused-ring (bicyclic) bond motifs is 2. The molecule has 408 valence electrons. The number of carbonyl (C=O) groups excluding carboxylic acids is 3. The van der Waals surface area contributed by atoms with Crippen LogP contribution in [-0.4, -0.2) is 137 Å². The van der Waals surface area contributed by atoms with Gasteiger partial charge in [0.05, 0.1) is 68.4 Å². The van der Waals surface area contributed by atoms with Gasteiger partial charge in [-0.25, -0.2) is 9.97 Å². The third-order valence-corrected chi connectivity index (χ3v) is 16.5. The highest BCUT2D eigenvalue weighted by atomic mass is 16.7. The van der Waals surface area contributed by atoms with E-state index in [1.807, 2.05) is 32.6 Å². The van der Waals surface area contributed by atoms with Crippen molar-refractivity contribution >= 4 is 56.3 Å². The minimum absolute atomic E-state index is 0.0197. The number of anilines is 1. The first-order chi connectivity index (χ1) is 35.8. The minimum Gasteiger partial charge on any atom is -0.505 e. The Kier molecular flexibility index (Phi) is 17.5. The molecule has 0 saturated carbocycles. The third kappa shape index (κ3) is 11.7. The maximum atomic E-state index is 15.0. The van der Waals surface area contributed by atoms with Gasteiger partial charge in [-0.05, 0) is 57.1 Å². The molecular weight excluding hydrogens is 965 g/mol. The molecule has 6 N–H and O–H groups in total. The number of benzene rings is 3. The summed E-state index contributed by atoms with van der Waals surface area (Å²) in [4.78, 5) is 68.8. The largest absolute Gasteiger partial charge is 0.505 e. The fourth-order valence-corrected chi connectivity index (χ4v) is 11.6. The van der Waals surface area contributed by atoms with Gasteiger partial charge in [-0.3, -0.25) is 19.2 Å². The Labute approximate surface area is 437 Å². The van der Waals surface area contributed by atoms with Crippen LogP contribution in [0.1, 0.15) is 103 Å². The van der Waals surface area contributed by atoms with Gasteiger partial charge < -0.3 is 63.1 Å². The molecule has 0 spiro atoms. The summed E-state index contributed by atoms with van der Waals surface area (Å²) in [5.41, 5.74) is -0.314. The first-order valence-corrected chi connectivity index (χ1v) is 26.9. The fourth-order valence-electron chi connectivity index (χ4n) is 11.6. The van der Waals surface area contributed by atoms with E-state index in [1.54, 1.807) is 48.8 Å². The van der Waals surface area contributed by atoms with Crippen LogP contribution in [0.25, 0.3) is 33.0 Å². The number of carbonyl (C=O) groups is 3. The summed E-state index contributed by atoms with van der Waals surface area (Å²) in [6.07, 6.45) is 5.62. The van der Waals surface area contributed by atoms with Gasteiger partial charge in [-0.15, -0.1) is 0 Å². The molecule has 2 aromatic heterocycles. The Morgan fingerprint density at radius 1 is 0.933 bits per heavy atom. The van der Waals surface area contributed by atoms with E-state index in [4.69, 9.17) is 33.1 Å². The zero-order valence-corrected chi connectivity index (χ0v) is 45.0. The van der Waals surface area contributed by atoms with Crippen molar-refractivity contribution in [2.45, 2.75) is 131 Å². The van der Waals surface area contributed by atoms with Gasteiger partial charge in [0.25, 0.3) is 5.79 Å². The Morgan fingerprint density at radius 2 is 1.67 bits per heavy atom. The normalized spacial score (nSPS) is 29.5. The number of methoxy groups -OCH3 is 1. The molecule has 4 bridgehead atoms. The first-order valence-electron chi connectivity index (χ1n) is 26.9. The molecule has 0 unspecified atom stereocenters. The number of ketones is 1. The molecule has 0 radical (unpaired) electrons. The van der Waals surface area contributed by atoms with Crippen LogP contribution in [0.15, 0.2) is 46.1 Å². The predicted molar refractivity (Wildman–Crippen MR) is 280 cm³/mol. The Morgan fingerprint density at radius 3 is 2.36 bits per heavy atom. The average Bonchev–Trinajstić information content (AvgIpc) is 4.06. The number of hydrogen-bond acceptors (Lipinski definition) is 15. The number of nitrogens with zero attached hydrogens (tertiary/aromatic N) is 3. The monoisotopic (exact) mass is 1040 g/mol. The second-order valence-corrected chi connectivity index (χ2v) is 21.7. The van der Waals surface area contributed by atoms with Crippen LogP contribution >= 0.6 is 0 Å². The molecule has 3 aliphatic heterocycles. The van der Waals surface area contributed by atoms with E-state index in [9.17, 15) is 29.7 Å². The number of rotatable bonds is 11. The summed E-state index contributed by atoms with van der Waals surface area (Å²) < 4.78 is 39.6. The minimum atomic E-state index is -1.96. The number of hydrogen-bond donors (Lipinski definition) is 6. The summed E-state index contributed by atoms with van der Waals surface area (Å²) >= 11 is 0. The smallest absolute Gasteiger partial charge is 0.302 e. The maximum absolute atomic E-state index is 15.0. The lowest BCUT2D eigenvalue weighted by Gasteiger charge is -2.39. The van der Waals surface area contributed by atoms with Gasteiger partial charge in [-0.2, -0.15) is 0 Å². The van der Waals surface area contributed by atoms with Crippen molar-refractivity contribution < 1.29 is 67.6 Å². The lowest BCUT2D eigenvalue weighted by Crippen LogP contribution is -3.28. The summed E-state index contributed by atoms with van der Waals surface area (Å²) in [5.74, 6) is -6.48. The SMILES string of the molecule is CO[C@H]1CCO[C@@]2(C)Oc3c(C)c(=O)c4c(O)c(c5oc6cccc(OCCCC[NH+]7CC[NH+](CCn8ccnc8)CC7)c6nc5c4c3C2=O)NC(=O)[C@H](C)CCC[C@H](C)[C@H](O)[C@@H](C)[C@@H](O)[C@@H](C)[C@H](OC(C)=O)[C@@H]1C. The number of aliphatic hydroxyl groups excluding tert-OH is 2. The number of phenolic OH excluding ortho intramolecular Hbond substituents is 1. The number of aromatic hydroxyl groups is 1. The van der Waals surface area contributed by atoms with E-state index >= 15 is 4.79 Å². The van der Waals surface area contributed by atoms with E-state index in [1.165, 1.54) is 27.9 Å². The zero-order chi connectivity index (χ0) is 53.9. The van der Waals surface area contributed by atoms with E-state index < -0.39 is 82.7 Å². The lowest BCUT2D eigenvalue weighted by atomic mass is 9.77. The number of amides is 1. The maximum Gasteiger partial charge on any atom is 0.302 e. The number of para-hydroxylation sites is 1. The standard InChI is InChI=1S/C56H76N6O13/c1-31-14-12-15-32(2)55(69)59-46-50(67)42-41(45-53(46)74-40-17-13-16-39(44(40)58-45)71-28-11-10-20-60-22-24-61(25-23-60)26-27-62-21-19-57-30-62)43-52(36(6)49(42)66)75-56(8,54(43)68)72-29-18-38(70-9)33(3)51(73-37(7)63)35(5)48(65)34(4)47(31)64/h13,16-17,19,21,30-35,38,47-48,51,64-65,67H,10-12,14-15,18,20,22-29H2,1-9H3,(H,59,69)/p+2/t31-,32+,33+,34+,35+,38-,47-,48+,51+,56-/m0/s1. The molecule has 0 aliphatic carbocycles. The van der Waals surface area contributed by atoms with Gasteiger partial charge in [0.15, 0.2) is 22.3 Å². The highest BCUT2D eigenvalue weighted by molar-refractivity contribution is 6.26. The summed E-state index contributed by atoms with van der Waals surface area (Å²) in [5, 5.41) is 38.1. The number of esters is 1.